The van der Waals surface area contributed by atoms with Gasteiger partial charge in [0.2, 0.25) is 5.91 Å². The lowest BCUT2D eigenvalue weighted by Gasteiger charge is -2.52. The van der Waals surface area contributed by atoms with E-state index in [4.69, 9.17) is 34.7 Å². The van der Waals surface area contributed by atoms with E-state index in [2.05, 4.69) is 0 Å². The van der Waals surface area contributed by atoms with Crippen LogP contribution in [0.25, 0.3) is 11.1 Å². The Hall–Kier alpha value is -3.15. The first kappa shape index (κ1) is 28.4. The number of nitrogens with two attached hydrogens (primary N) is 2. The number of nitrogens with zero attached hydrogens (tertiary/aromatic N) is 1. The Labute approximate surface area is 239 Å². The summed E-state index contributed by atoms with van der Waals surface area (Å²) in [7, 11) is 3.06. The summed E-state index contributed by atoms with van der Waals surface area (Å²) in [5, 5.41) is 23.4. The van der Waals surface area contributed by atoms with E-state index in [9.17, 15) is 34.2 Å². The molecule has 210 valence electrons. The van der Waals surface area contributed by atoms with Gasteiger partial charge < -0.3 is 21.7 Å². The average molecular weight is 588 g/mol. The number of halogens is 2. The standard InChI is InChI=1S/C28H27Cl2N3O7/c1-33(2)21-15-7-11-5-14-13(10-3-4-16(29)17(30)8-10)6-12(9-31)22(34)19(14)23(35)18(11)25(37)28(15,40)26(38)20(24(21)36)27(32)39/h3-4,6,8,11,15,18,20-21,34,40H,5,7,9,31H2,1-2H3,(H2,32,39)/t11-,15-,18?,20?,21+,28-/m0/s1. The van der Waals surface area contributed by atoms with Gasteiger partial charge in [0.25, 0.3) is 0 Å². The monoisotopic (exact) mass is 587 g/mol. The molecule has 2 aromatic carbocycles. The van der Waals surface area contributed by atoms with Crippen LogP contribution in [0.15, 0.2) is 24.3 Å². The molecule has 0 aliphatic heterocycles. The van der Waals surface area contributed by atoms with Crippen LogP contribution < -0.4 is 11.5 Å². The Bertz CT molecular complexity index is 1520. The fraction of sp³-hybridized carbons (Fsp3) is 0.393. The minimum Gasteiger partial charge on any atom is -0.507 e. The first-order valence-corrected chi connectivity index (χ1v) is 13.4. The van der Waals surface area contributed by atoms with E-state index < -0.39 is 70.1 Å². The summed E-state index contributed by atoms with van der Waals surface area (Å²) < 4.78 is 0. The maximum atomic E-state index is 14.0. The molecule has 5 rings (SSSR count). The van der Waals surface area contributed by atoms with Gasteiger partial charge in [-0.2, -0.15) is 0 Å². The number of likely N-dealkylation sites (N-methyl/N-ethyl adjacent to an activating group) is 1. The maximum absolute atomic E-state index is 14.0. The molecule has 6 N–H and O–H groups in total. The van der Waals surface area contributed by atoms with Crippen molar-refractivity contribution in [1.82, 2.24) is 4.90 Å². The Morgan fingerprint density at radius 1 is 1.10 bits per heavy atom. The van der Waals surface area contributed by atoms with Crippen molar-refractivity contribution in [2.24, 2.45) is 35.1 Å². The number of rotatable bonds is 4. The second-order valence-electron chi connectivity index (χ2n) is 10.9. The van der Waals surface area contributed by atoms with E-state index >= 15 is 0 Å². The molecule has 3 aliphatic rings. The molecule has 2 saturated carbocycles. The van der Waals surface area contributed by atoms with E-state index in [-0.39, 0.29) is 35.5 Å². The number of amides is 1. The summed E-state index contributed by atoms with van der Waals surface area (Å²) in [5.41, 5.74) is 10.1. The first-order valence-electron chi connectivity index (χ1n) is 12.6. The molecular formula is C28H27Cl2N3O7. The highest BCUT2D eigenvalue weighted by atomic mass is 35.5. The highest BCUT2D eigenvalue weighted by Crippen LogP contribution is 2.52. The normalized spacial score (nSPS) is 29.7. The molecule has 0 spiro atoms. The van der Waals surface area contributed by atoms with Crippen LogP contribution in [0.1, 0.15) is 27.9 Å². The number of carbonyl (C=O) groups is 5. The number of carbonyl (C=O) groups excluding carboxylic acids is 5. The third-order valence-electron chi connectivity index (χ3n) is 8.59. The third kappa shape index (κ3) is 3.85. The van der Waals surface area contributed by atoms with E-state index in [1.54, 1.807) is 24.3 Å². The van der Waals surface area contributed by atoms with Gasteiger partial charge in [0, 0.05) is 18.0 Å². The molecule has 1 amide bonds. The highest BCUT2D eigenvalue weighted by molar-refractivity contribution is 6.42. The molecule has 0 radical (unpaired) electrons. The van der Waals surface area contributed by atoms with Crippen molar-refractivity contribution in [2.75, 3.05) is 14.1 Å². The van der Waals surface area contributed by atoms with Gasteiger partial charge >= 0.3 is 0 Å². The lowest BCUT2D eigenvalue weighted by Crippen LogP contribution is -2.74. The van der Waals surface area contributed by atoms with Crippen molar-refractivity contribution < 1.29 is 34.2 Å². The van der Waals surface area contributed by atoms with Crippen LogP contribution >= 0.6 is 23.2 Å². The molecule has 2 fully saturated rings. The van der Waals surface area contributed by atoms with E-state index in [0.29, 0.717) is 21.7 Å². The molecule has 6 atom stereocenters. The van der Waals surface area contributed by atoms with E-state index in [1.165, 1.54) is 19.0 Å². The number of phenols is 1. The number of hydrogen-bond donors (Lipinski definition) is 4. The van der Waals surface area contributed by atoms with E-state index in [0.717, 1.165) is 0 Å². The fourth-order valence-corrected chi connectivity index (χ4v) is 7.10. The summed E-state index contributed by atoms with van der Waals surface area (Å²) in [6, 6.07) is 5.38. The quantitative estimate of drug-likeness (QED) is 0.383. The van der Waals surface area contributed by atoms with Crippen LogP contribution in [0.5, 0.6) is 5.75 Å². The lowest BCUT2D eigenvalue weighted by molar-refractivity contribution is -0.181. The minimum absolute atomic E-state index is 0.0515. The van der Waals surface area contributed by atoms with Gasteiger partial charge in [0.1, 0.15) is 5.75 Å². The highest BCUT2D eigenvalue weighted by Gasteiger charge is 2.69. The minimum atomic E-state index is -2.79. The molecule has 12 heteroatoms. The van der Waals surface area contributed by atoms with E-state index in [1.807, 2.05) is 0 Å². The summed E-state index contributed by atoms with van der Waals surface area (Å²) in [5.74, 6) is -11.1. The zero-order chi connectivity index (χ0) is 29.4. The van der Waals surface area contributed by atoms with Crippen LogP contribution in [-0.4, -0.2) is 69.9 Å². The number of primary amides is 1. The molecule has 3 aliphatic carbocycles. The van der Waals surface area contributed by atoms with Gasteiger partial charge in [-0.25, -0.2) is 0 Å². The van der Waals surface area contributed by atoms with Gasteiger partial charge in [0.15, 0.2) is 34.7 Å². The van der Waals surface area contributed by atoms with Crippen molar-refractivity contribution in [1.29, 1.82) is 0 Å². The molecule has 0 saturated heterocycles. The van der Waals surface area contributed by atoms with Crippen LogP contribution in [0.2, 0.25) is 10.0 Å². The fourth-order valence-electron chi connectivity index (χ4n) is 6.80. The number of fused-ring (bicyclic) bond motifs is 3. The third-order valence-corrected chi connectivity index (χ3v) is 9.33. The van der Waals surface area contributed by atoms with Crippen molar-refractivity contribution in [3.05, 3.63) is 51.0 Å². The number of aliphatic hydroxyl groups is 1. The average Bonchev–Trinajstić information content (AvgIpc) is 2.87. The van der Waals surface area contributed by atoms with Gasteiger partial charge in [-0.1, -0.05) is 29.3 Å². The molecular weight excluding hydrogens is 561 g/mol. The molecule has 0 bridgehead atoms. The predicted octanol–water partition coefficient (Wildman–Crippen LogP) is 1.30. The number of Topliss-reactive ketones (excluding diaryl/α,β-unsaturated/α-hetero) is 4. The van der Waals surface area contributed by atoms with Crippen LogP contribution in [0, 0.1) is 23.7 Å². The summed E-state index contributed by atoms with van der Waals surface area (Å²) >= 11 is 12.4. The maximum Gasteiger partial charge on any atom is 0.235 e. The lowest BCUT2D eigenvalue weighted by atomic mass is 9.52. The molecule has 10 nitrogen and oxygen atoms in total. The zero-order valence-corrected chi connectivity index (χ0v) is 23.1. The van der Waals surface area contributed by atoms with Gasteiger partial charge in [-0.05, 0) is 67.7 Å². The molecule has 2 unspecified atom stereocenters. The molecule has 0 heterocycles. The Morgan fingerprint density at radius 2 is 1.77 bits per heavy atom. The summed E-state index contributed by atoms with van der Waals surface area (Å²) in [6.07, 6.45) is 0.0595. The first-order chi connectivity index (χ1) is 18.7. The second kappa shape index (κ2) is 9.74. The largest absolute Gasteiger partial charge is 0.507 e. The number of aromatic hydroxyl groups is 1. The van der Waals surface area contributed by atoms with Crippen molar-refractivity contribution >= 4 is 52.2 Å². The van der Waals surface area contributed by atoms with Crippen LogP contribution in [0.4, 0.5) is 0 Å². The Kier molecular flexibility index (Phi) is 6.91. The van der Waals surface area contributed by atoms with Crippen LogP contribution in [-0.2, 0) is 32.1 Å². The van der Waals surface area contributed by atoms with Crippen LogP contribution in [0.3, 0.4) is 0 Å². The molecule has 0 aromatic heterocycles. The number of ketones is 4. The topological polar surface area (TPSA) is 181 Å². The number of benzene rings is 2. The number of hydrogen-bond acceptors (Lipinski definition) is 9. The van der Waals surface area contributed by atoms with Crippen molar-refractivity contribution in [2.45, 2.75) is 31.0 Å². The zero-order valence-electron chi connectivity index (χ0n) is 21.6. The summed E-state index contributed by atoms with van der Waals surface area (Å²) in [6.45, 7) is -0.125. The molecule has 40 heavy (non-hydrogen) atoms. The predicted molar refractivity (Wildman–Crippen MR) is 145 cm³/mol. The Balaban J connectivity index is 1.70. The summed E-state index contributed by atoms with van der Waals surface area (Å²) in [4.78, 5) is 68.2. The molecule has 2 aromatic rings. The van der Waals surface area contributed by atoms with Crippen molar-refractivity contribution in [3.8, 4) is 16.9 Å². The second-order valence-corrected chi connectivity index (χ2v) is 11.7. The van der Waals surface area contributed by atoms with Crippen molar-refractivity contribution in [3.63, 3.8) is 0 Å². The van der Waals surface area contributed by atoms with Gasteiger partial charge in [-0.15, -0.1) is 0 Å². The van der Waals surface area contributed by atoms with Gasteiger partial charge in [0.05, 0.1) is 27.6 Å². The van der Waals surface area contributed by atoms with Gasteiger partial charge in [-0.3, -0.25) is 28.9 Å². The smallest absolute Gasteiger partial charge is 0.235 e. The Morgan fingerprint density at radius 3 is 2.35 bits per heavy atom. The SMILES string of the molecule is CN(C)[C@H]1C(=O)C(C(N)=O)C(=O)[C@@]2(O)C(=O)C3C(=O)c4c(O)c(CN)cc(-c5ccc(Cl)c(Cl)c5)c4C[C@H]3C[C@@H]12. The number of phenolic OH excluding ortho intramolecular Hbond substituents is 1.